The van der Waals surface area contributed by atoms with Gasteiger partial charge in [-0.1, -0.05) is 25.3 Å². The molecule has 256 valence electrons. The van der Waals surface area contributed by atoms with E-state index >= 15 is 0 Å². The van der Waals surface area contributed by atoms with Gasteiger partial charge in [-0.15, -0.1) is 0 Å². The summed E-state index contributed by atoms with van der Waals surface area (Å²) in [5.74, 6) is -2.29. The van der Waals surface area contributed by atoms with Gasteiger partial charge in [0.2, 0.25) is 15.9 Å². The first-order chi connectivity index (χ1) is 22.9. The first-order valence-corrected chi connectivity index (χ1v) is 18.4. The number of sulfonamides is 1. The SMILES string of the molecule is COc1ccc2c(c1)C1CC1(C(=O)N1C3CCC1COC3)Cn1c-2c(C2CCCCC2)c2ccc(C(=O)NS(=O)(=O)CC(F)(F)F)cc21. The molecule has 13 heteroatoms. The molecule has 4 heterocycles. The number of halogens is 3. The Hall–Kier alpha value is -3.58. The van der Waals surface area contributed by atoms with E-state index < -0.39 is 33.3 Å². The molecule has 2 bridgehead atoms. The van der Waals surface area contributed by atoms with Crippen molar-refractivity contribution in [3.8, 4) is 17.0 Å². The van der Waals surface area contributed by atoms with Crippen LogP contribution in [0.4, 0.5) is 13.2 Å². The Labute approximate surface area is 276 Å². The number of morpholine rings is 1. The predicted octanol–water partition coefficient (Wildman–Crippen LogP) is 5.86. The molecule has 9 nitrogen and oxygen atoms in total. The highest BCUT2D eigenvalue weighted by Crippen LogP contribution is 2.66. The molecule has 4 atom stereocenters. The fourth-order valence-electron chi connectivity index (χ4n) is 9.09. The average Bonchev–Trinajstić information content (AvgIpc) is 3.64. The lowest BCUT2D eigenvalue weighted by Crippen LogP contribution is -2.52. The summed E-state index contributed by atoms with van der Waals surface area (Å²) in [5, 5.41) is 0.904. The Bertz CT molecular complexity index is 1920. The Morgan fingerprint density at radius 3 is 2.44 bits per heavy atom. The summed E-state index contributed by atoms with van der Waals surface area (Å²) < 4.78 is 78.5. The summed E-state index contributed by atoms with van der Waals surface area (Å²) in [6.07, 6.45) is 2.74. The number of amides is 2. The molecule has 4 fully saturated rings. The van der Waals surface area contributed by atoms with Gasteiger partial charge in [0.25, 0.3) is 5.91 Å². The van der Waals surface area contributed by atoms with Gasteiger partial charge in [-0.05, 0) is 79.5 Å². The topological polar surface area (TPSA) is 107 Å². The number of nitrogens with zero attached hydrogens (tertiary/aromatic N) is 2. The monoisotopic (exact) mass is 685 g/mol. The van der Waals surface area contributed by atoms with E-state index in [1.165, 1.54) is 6.07 Å². The van der Waals surface area contributed by atoms with E-state index in [1.54, 1.807) is 24.0 Å². The zero-order chi connectivity index (χ0) is 33.6. The Morgan fingerprint density at radius 2 is 1.75 bits per heavy atom. The molecular weight excluding hydrogens is 647 g/mol. The zero-order valence-electron chi connectivity index (χ0n) is 26.6. The lowest BCUT2D eigenvalue weighted by atomic mass is 9.81. The molecule has 48 heavy (non-hydrogen) atoms. The van der Waals surface area contributed by atoms with Crippen molar-refractivity contribution in [1.29, 1.82) is 0 Å². The van der Waals surface area contributed by atoms with Gasteiger partial charge in [0.05, 0.1) is 43.5 Å². The van der Waals surface area contributed by atoms with Crippen molar-refractivity contribution >= 4 is 32.7 Å². The van der Waals surface area contributed by atoms with E-state index in [0.717, 1.165) is 72.7 Å². The van der Waals surface area contributed by atoms with E-state index in [9.17, 15) is 31.2 Å². The maximum atomic E-state index is 14.8. The Kier molecular flexibility index (Phi) is 7.41. The first kappa shape index (κ1) is 31.7. The number of fused-ring (bicyclic) bond motifs is 9. The number of alkyl halides is 3. The molecular formula is C35H38F3N3O6S. The second-order valence-electron chi connectivity index (χ2n) is 14.2. The summed E-state index contributed by atoms with van der Waals surface area (Å²) >= 11 is 0. The highest BCUT2D eigenvalue weighted by molar-refractivity contribution is 7.90. The van der Waals surface area contributed by atoms with Crippen molar-refractivity contribution in [2.45, 2.75) is 88.0 Å². The number of hydrogen-bond acceptors (Lipinski definition) is 6. The third-order valence-corrected chi connectivity index (χ3v) is 12.5. The minimum absolute atomic E-state index is 0.0348. The fraction of sp³-hybridized carbons (Fsp3) is 0.543. The minimum atomic E-state index is -5.00. The van der Waals surface area contributed by atoms with Crippen LogP contribution in [0.2, 0.25) is 0 Å². The highest BCUT2D eigenvalue weighted by Gasteiger charge is 2.65. The summed E-state index contributed by atoms with van der Waals surface area (Å²) in [4.78, 5) is 30.0. The van der Waals surface area contributed by atoms with Crippen molar-refractivity contribution < 1.29 is 40.7 Å². The number of rotatable bonds is 6. The molecule has 0 spiro atoms. The van der Waals surface area contributed by atoms with E-state index in [2.05, 4.69) is 15.5 Å². The Morgan fingerprint density at radius 1 is 1.02 bits per heavy atom. The number of carbonyl (C=O) groups excluding carboxylic acids is 2. The third kappa shape index (κ3) is 5.19. The quantitative estimate of drug-likeness (QED) is 0.349. The van der Waals surface area contributed by atoms with E-state index in [-0.39, 0.29) is 35.4 Å². The van der Waals surface area contributed by atoms with Gasteiger partial charge in [0.15, 0.2) is 5.75 Å². The van der Waals surface area contributed by atoms with Crippen LogP contribution >= 0.6 is 0 Å². The summed E-state index contributed by atoms with van der Waals surface area (Å²) in [7, 11) is -3.34. The molecule has 8 rings (SSSR count). The lowest BCUT2D eigenvalue weighted by Gasteiger charge is -2.37. The van der Waals surface area contributed by atoms with Crippen molar-refractivity contribution in [1.82, 2.24) is 14.2 Å². The molecule has 1 N–H and O–H groups in total. The van der Waals surface area contributed by atoms with Crippen LogP contribution in [-0.4, -0.2) is 74.0 Å². The number of carbonyl (C=O) groups is 2. The normalized spacial score (nSPS) is 26.8. The van der Waals surface area contributed by atoms with Crippen LogP contribution in [0.15, 0.2) is 36.4 Å². The number of aromatic nitrogens is 1. The van der Waals surface area contributed by atoms with Gasteiger partial charge in [-0.2, -0.15) is 13.2 Å². The van der Waals surface area contributed by atoms with Gasteiger partial charge >= 0.3 is 6.18 Å². The van der Waals surface area contributed by atoms with Gasteiger partial charge in [0.1, 0.15) is 5.75 Å². The van der Waals surface area contributed by atoms with Crippen molar-refractivity contribution in [2.24, 2.45) is 5.41 Å². The molecule has 4 unspecified atom stereocenters. The van der Waals surface area contributed by atoms with Crippen molar-refractivity contribution in [3.05, 3.63) is 53.1 Å². The maximum absolute atomic E-state index is 14.8. The van der Waals surface area contributed by atoms with E-state index in [1.807, 2.05) is 12.1 Å². The minimum Gasteiger partial charge on any atom is -0.497 e. The molecule has 2 saturated heterocycles. The standard InChI is InChI=1S/C35H38F3N3O6S/c1-46-24-10-12-25-27(14-24)28-15-34(28,33(43)41-22-8-9-23(41)17-47-16-22)18-40-29-13-21(32(42)39-48(44,45)19-35(36,37)38)7-11-26(29)30(31(25)40)20-5-3-2-4-6-20/h7,10-14,20,22-23,28H,2-6,8-9,15-19H2,1H3,(H,39,42). The number of nitrogens with one attached hydrogen (secondary N) is 1. The number of hydrogen-bond donors (Lipinski definition) is 1. The largest absolute Gasteiger partial charge is 0.497 e. The number of ether oxygens (including phenoxy) is 2. The lowest BCUT2D eigenvalue weighted by molar-refractivity contribution is -0.147. The predicted molar refractivity (Wildman–Crippen MR) is 171 cm³/mol. The van der Waals surface area contributed by atoms with Crippen LogP contribution in [0.25, 0.3) is 22.2 Å². The molecule has 1 aromatic heterocycles. The maximum Gasteiger partial charge on any atom is 0.404 e. The van der Waals surface area contributed by atoms with Crippen LogP contribution in [0.5, 0.6) is 5.75 Å². The van der Waals surface area contributed by atoms with Gasteiger partial charge in [-0.3, -0.25) is 9.59 Å². The second kappa shape index (κ2) is 11.2. The first-order valence-electron chi connectivity index (χ1n) is 16.8. The molecule has 5 aliphatic rings. The van der Waals surface area contributed by atoms with Crippen molar-refractivity contribution in [2.75, 3.05) is 26.1 Å². The molecule has 2 aliphatic carbocycles. The van der Waals surface area contributed by atoms with Crippen LogP contribution in [0.3, 0.4) is 0 Å². The summed E-state index contributed by atoms with van der Waals surface area (Å²) in [6.45, 7) is 1.40. The summed E-state index contributed by atoms with van der Waals surface area (Å²) in [6, 6.07) is 10.9. The average molecular weight is 686 g/mol. The van der Waals surface area contributed by atoms with Gasteiger partial charge in [0, 0.05) is 34.5 Å². The second-order valence-corrected chi connectivity index (χ2v) is 15.9. The molecule has 2 amide bonds. The third-order valence-electron chi connectivity index (χ3n) is 11.3. The van der Waals surface area contributed by atoms with Gasteiger partial charge < -0.3 is 18.9 Å². The smallest absolute Gasteiger partial charge is 0.404 e. The van der Waals surface area contributed by atoms with E-state index in [4.69, 9.17) is 9.47 Å². The van der Waals surface area contributed by atoms with E-state index in [0.29, 0.717) is 37.4 Å². The zero-order valence-corrected chi connectivity index (χ0v) is 27.5. The number of methoxy groups -OCH3 is 1. The van der Waals surface area contributed by atoms with Crippen LogP contribution < -0.4 is 9.46 Å². The number of benzene rings is 2. The van der Waals surface area contributed by atoms with Gasteiger partial charge in [-0.25, -0.2) is 13.1 Å². The van der Waals surface area contributed by atoms with Crippen LogP contribution in [0, 0.1) is 5.41 Å². The van der Waals surface area contributed by atoms with Crippen LogP contribution in [-0.2, 0) is 26.1 Å². The molecule has 2 aromatic carbocycles. The van der Waals surface area contributed by atoms with Crippen LogP contribution in [0.1, 0.15) is 84.7 Å². The van der Waals surface area contributed by atoms with Crippen molar-refractivity contribution in [3.63, 3.8) is 0 Å². The summed E-state index contributed by atoms with van der Waals surface area (Å²) in [5.41, 5.74) is 4.05. The molecule has 3 aliphatic heterocycles. The molecule has 2 saturated carbocycles. The fourth-order valence-corrected chi connectivity index (χ4v) is 9.99. The molecule has 3 aromatic rings. The Balaban J connectivity index is 1.30. The highest BCUT2D eigenvalue weighted by atomic mass is 32.2. The molecule has 0 radical (unpaired) electrons.